The van der Waals surface area contributed by atoms with Gasteiger partial charge in [0, 0.05) is 23.2 Å². The summed E-state index contributed by atoms with van der Waals surface area (Å²) >= 11 is 0. The Bertz CT molecular complexity index is 1050. The van der Waals surface area contributed by atoms with Gasteiger partial charge in [0.1, 0.15) is 0 Å². The minimum atomic E-state index is -0.0867. The summed E-state index contributed by atoms with van der Waals surface area (Å²) in [7, 11) is 0. The molecule has 0 fully saturated rings. The van der Waals surface area contributed by atoms with E-state index in [0.717, 1.165) is 28.8 Å². The van der Waals surface area contributed by atoms with E-state index in [0.29, 0.717) is 5.56 Å². The summed E-state index contributed by atoms with van der Waals surface area (Å²) in [6.45, 7) is 2.83. The average Bonchev–Trinajstić information content (AvgIpc) is 2.95. The maximum absolute atomic E-state index is 12.7. The Hall–Kier alpha value is -3.33. The summed E-state index contributed by atoms with van der Waals surface area (Å²) in [5, 5.41) is 4.18. The molecule has 0 unspecified atom stereocenters. The van der Waals surface area contributed by atoms with E-state index in [4.69, 9.17) is 0 Å². The van der Waals surface area contributed by atoms with Crippen molar-refractivity contribution in [3.63, 3.8) is 0 Å². The van der Waals surface area contributed by atoms with Crippen LogP contribution in [0.3, 0.4) is 0 Å². The number of carbonyl (C=O) groups is 1. The lowest BCUT2D eigenvalue weighted by molar-refractivity contribution is 0.102. The molecule has 3 aromatic carbocycles. The van der Waals surface area contributed by atoms with Crippen LogP contribution < -0.4 is 5.32 Å². The standard InChI is InChI=1S/C23H20N2O/c1-17-22(24-23(26)19-12-6-3-7-13-19)20-14-8-9-15-21(20)25(17)16-18-10-4-2-5-11-18/h2-15H,16H2,1H3,(H,24,26). The van der Waals surface area contributed by atoms with E-state index in [9.17, 15) is 4.79 Å². The molecule has 0 saturated carbocycles. The van der Waals surface area contributed by atoms with Gasteiger partial charge in [-0.15, -0.1) is 0 Å². The molecule has 4 rings (SSSR count). The Morgan fingerprint density at radius 3 is 2.19 bits per heavy atom. The third-order valence-corrected chi connectivity index (χ3v) is 4.69. The zero-order chi connectivity index (χ0) is 17.9. The molecule has 0 saturated heterocycles. The zero-order valence-electron chi connectivity index (χ0n) is 14.6. The minimum Gasteiger partial charge on any atom is -0.338 e. The highest BCUT2D eigenvalue weighted by Gasteiger charge is 2.16. The molecule has 1 N–H and O–H groups in total. The lowest BCUT2D eigenvalue weighted by atomic mass is 10.2. The highest BCUT2D eigenvalue weighted by atomic mass is 16.1. The largest absolute Gasteiger partial charge is 0.338 e. The Morgan fingerprint density at radius 1 is 0.846 bits per heavy atom. The SMILES string of the molecule is Cc1c(NC(=O)c2ccccc2)c2ccccc2n1Cc1ccccc1. The molecular weight excluding hydrogens is 320 g/mol. The second-order valence-corrected chi connectivity index (χ2v) is 6.37. The van der Waals surface area contributed by atoms with E-state index in [2.05, 4.69) is 53.2 Å². The molecule has 1 aromatic heterocycles. The lowest BCUT2D eigenvalue weighted by Crippen LogP contribution is -2.12. The fraction of sp³-hybridized carbons (Fsp3) is 0.0870. The Labute approximate surface area is 152 Å². The summed E-state index contributed by atoms with van der Waals surface area (Å²) in [6.07, 6.45) is 0. The topological polar surface area (TPSA) is 34.0 Å². The van der Waals surface area contributed by atoms with Crippen molar-refractivity contribution in [1.29, 1.82) is 0 Å². The first-order valence-corrected chi connectivity index (χ1v) is 8.72. The molecule has 3 nitrogen and oxygen atoms in total. The summed E-state index contributed by atoms with van der Waals surface area (Å²) in [6, 6.07) is 27.9. The van der Waals surface area contributed by atoms with Crippen LogP contribution in [0, 0.1) is 6.92 Å². The van der Waals surface area contributed by atoms with Crippen LogP contribution in [0.1, 0.15) is 21.6 Å². The minimum absolute atomic E-state index is 0.0867. The highest BCUT2D eigenvalue weighted by molar-refractivity contribution is 6.10. The van der Waals surface area contributed by atoms with Gasteiger partial charge in [-0.25, -0.2) is 0 Å². The zero-order valence-corrected chi connectivity index (χ0v) is 14.6. The fourth-order valence-electron chi connectivity index (χ4n) is 3.33. The van der Waals surface area contributed by atoms with Gasteiger partial charge in [0.15, 0.2) is 0 Å². The molecule has 0 radical (unpaired) electrons. The second-order valence-electron chi connectivity index (χ2n) is 6.37. The molecule has 0 aliphatic heterocycles. The summed E-state index contributed by atoms with van der Waals surface area (Å²) in [5.41, 5.74) is 4.95. The van der Waals surface area contributed by atoms with Crippen LogP contribution in [0.5, 0.6) is 0 Å². The number of rotatable bonds is 4. The highest BCUT2D eigenvalue weighted by Crippen LogP contribution is 2.31. The number of hydrogen-bond acceptors (Lipinski definition) is 1. The van der Waals surface area contributed by atoms with Crippen molar-refractivity contribution >= 4 is 22.5 Å². The van der Waals surface area contributed by atoms with E-state index in [-0.39, 0.29) is 5.91 Å². The van der Waals surface area contributed by atoms with Crippen LogP contribution in [0.25, 0.3) is 10.9 Å². The third kappa shape index (κ3) is 3.00. The van der Waals surface area contributed by atoms with Crippen molar-refractivity contribution in [2.24, 2.45) is 0 Å². The van der Waals surface area contributed by atoms with Crippen molar-refractivity contribution in [3.8, 4) is 0 Å². The van der Waals surface area contributed by atoms with Gasteiger partial charge in [-0.05, 0) is 30.7 Å². The first kappa shape index (κ1) is 16.2. The number of hydrogen-bond donors (Lipinski definition) is 1. The Balaban J connectivity index is 1.76. The third-order valence-electron chi connectivity index (χ3n) is 4.69. The van der Waals surface area contributed by atoms with Crippen LogP contribution in [0.2, 0.25) is 0 Å². The molecule has 0 atom stereocenters. The molecule has 3 heteroatoms. The van der Waals surface area contributed by atoms with Gasteiger partial charge in [-0.1, -0.05) is 66.7 Å². The van der Waals surface area contributed by atoms with Crippen molar-refractivity contribution in [3.05, 3.63) is 102 Å². The fourth-order valence-corrected chi connectivity index (χ4v) is 3.33. The molecule has 26 heavy (non-hydrogen) atoms. The number of fused-ring (bicyclic) bond motifs is 1. The van der Waals surface area contributed by atoms with Gasteiger partial charge in [-0.3, -0.25) is 4.79 Å². The number of nitrogens with one attached hydrogen (secondary N) is 1. The number of aromatic nitrogens is 1. The lowest BCUT2D eigenvalue weighted by Gasteiger charge is -2.09. The Kier molecular flexibility index (Phi) is 4.28. The molecule has 128 valence electrons. The van der Waals surface area contributed by atoms with Crippen molar-refractivity contribution < 1.29 is 4.79 Å². The van der Waals surface area contributed by atoms with Crippen molar-refractivity contribution in [2.75, 3.05) is 5.32 Å². The molecule has 0 spiro atoms. The van der Waals surface area contributed by atoms with Gasteiger partial charge in [-0.2, -0.15) is 0 Å². The van der Waals surface area contributed by atoms with Crippen molar-refractivity contribution in [1.82, 2.24) is 4.57 Å². The maximum atomic E-state index is 12.7. The van der Waals surface area contributed by atoms with Gasteiger partial charge in [0.2, 0.25) is 0 Å². The molecule has 0 aliphatic rings. The van der Waals surface area contributed by atoms with Crippen LogP contribution in [0.15, 0.2) is 84.9 Å². The van der Waals surface area contributed by atoms with Crippen LogP contribution >= 0.6 is 0 Å². The van der Waals surface area contributed by atoms with Crippen LogP contribution in [0.4, 0.5) is 5.69 Å². The molecule has 1 amide bonds. The predicted molar refractivity (Wildman–Crippen MR) is 107 cm³/mol. The quantitative estimate of drug-likeness (QED) is 0.541. The summed E-state index contributed by atoms with van der Waals surface area (Å²) in [4.78, 5) is 12.7. The number of nitrogens with zero attached hydrogens (tertiary/aromatic N) is 1. The van der Waals surface area contributed by atoms with Crippen LogP contribution in [-0.4, -0.2) is 10.5 Å². The van der Waals surface area contributed by atoms with Gasteiger partial charge < -0.3 is 9.88 Å². The summed E-state index contributed by atoms with van der Waals surface area (Å²) in [5.74, 6) is -0.0867. The number of benzene rings is 3. The second kappa shape index (κ2) is 6.89. The average molecular weight is 340 g/mol. The van der Waals surface area contributed by atoms with Crippen LogP contribution in [-0.2, 0) is 6.54 Å². The maximum Gasteiger partial charge on any atom is 0.255 e. The van der Waals surface area contributed by atoms with Gasteiger partial charge >= 0.3 is 0 Å². The number of anilines is 1. The van der Waals surface area contributed by atoms with E-state index >= 15 is 0 Å². The molecular formula is C23H20N2O. The molecule has 4 aromatic rings. The monoisotopic (exact) mass is 340 g/mol. The predicted octanol–water partition coefficient (Wildman–Crippen LogP) is 5.25. The van der Waals surface area contributed by atoms with E-state index in [1.807, 2.05) is 48.5 Å². The molecule has 1 heterocycles. The summed E-state index contributed by atoms with van der Waals surface area (Å²) < 4.78 is 2.26. The van der Waals surface area contributed by atoms with E-state index in [1.54, 1.807) is 0 Å². The smallest absolute Gasteiger partial charge is 0.255 e. The molecule has 0 bridgehead atoms. The first-order chi connectivity index (χ1) is 12.7. The van der Waals surface area contributed by atoms with E-state index in [1.165, 1.54) is 5.56 Å². The van der Waals surface area contributed by atoms with Gasteiger partial charge in [0.25, 0.3) is 5.91 Å². The van der Waals surface area contributed by atoms with E-state index < -0.39 is 0 Å². The molecule has 0 aliphatic carbocycles. The van der Waals surface area contributed by atoms with Gasteiger partial charge in [0.05, 0.1) is 11.2 Å². The van der Waals surface area contributed by atoms with Crippen molar-refractivity contribution in [2.45, 2.75) is 13.5 Å². The number of carbonyl (C=O) groups excluding carboxylic acids is 1. The number of amides is 1. The Morgan fingerprint density at radius 2 is 1.46 bits per heavy atom. The first-order valence-electron chi connectivity index (χ1n) is 8.72. The normalized spacial score (nSPS) is 10.8. The number of para-hydroxylation sites is 1.